The van der Waals surface area contributed by atoms with Gasteiger partial charge in [0.1, 0.15) is 0 Å². The Morgan fingerprint density at radius 2 is 1.82 bits per heavy atom. The largest absolute Gasteiger partial charge is 0.395 e. The maximum atomic E-state index is 8.93. The van der Waals surface area contributed by atoms with Crippen molar-refractivity contribution in [1.29, 1.82) is 0 Å². The van der Waals surface area contributed by atoms with Gasteiger partial charge in [0.2, 0.25) is 5.82 Å². The number of benzene rings is 3. The second-order valence-corrected chi connectivity index (χ2v) is 7.64. The zero-order chi connectivity index (χ0) is 22.3. The van der Waals surface area contributed by atoms with Crippen LogP contribution in [0.2, 0.25) is 0 Å². The molecule has 0 atom stereocenters. The Bertz CT molecular complexity index is 1190. The Balaban J connectivity index is 0.00000306. The number of halogens is 1. The highest BCUT2D eigenvalue weighted by Crippen LogP contribution is 2.31. The van der Waals surface area contributed by atoms with Crippen LogP contribution in [-0.4, -0.2) is 35.5 Å². The molecule has 6 nitrogen and oxygen atoms in total. The number of ether oxygens (including phenoxy) is 1. The van der Waals surface area contributed by atoms with E-state index in [1.54, 1.807) is 7.11 Å². The number of aliphatic hydroxyl groups excluding tert-OH is 1. The van der Waals surface area contributed by atoms with Crippen LogP contribution in [0.4, 0.5) is 0 Å². The summed E-state index contributed by atoms with van der Waals surface area (Å²) in [7, 11) is 1.70. The van der Waals surface area contributed by atoms with Crippen molar-refractivity contribution >= 4 is 12.4 Å². The van der Waals surface area contributed by atoms with Crippen molar-refractivity contribution in [2.24, 2.45) is 0 Å². The first kappa shape index (κ1) is 24.6. The summed E-state index contributed by atoms with van der Waals surface area (Å²) in [6, 6.07) is 22.4. The number of aryl methyl sites for hydroxylation is 1. The highest BCUT2D eigenvalue weighted by molar-refractivity contribution is 5.85. The minimum absolute atomic E-state index is 0. The third-order valence-electron chi connectivity index (χ3n) is 5.32. The van der Waals surface area contributed by atoms with E-state index in [0.717, 1.165) is 27.8 Å². The normalized spacial score (nSPS) is 10.8. The van der Waals surface area contributed by atoms with E-state index in [1.165, 1.54) is 11.1 Å². The summed E-state index contributed by atoms with van der Waals surface area (Å²) in [5.41, 5.74) is 7.43. The highest BCUT2D eigenvalue weighted by atomic mass is 35.5. The van der Waals surface area contributed by atoms with Crippen LogP contribution < -0.4 is 5.32 Å². The molecule has 0 fully saturated rings. The Labute approximate surface area is 200 Å². The van der Waals surface area contributed by atoms with Crippen LogP contribution in [0, 0.1) is 6.92 Å². The lowest BCUT2D eigenvalue weighted by atomic mass is 9.94. The van der Waals surface area contributed by atoms with Gasteiger partial charge in [-0.25, -0.2) is 0 Å². The van der Waals surface area contributed by atoms with Gasteiger partial charge in [-0.05, 0) is 52.9 Å². The molecule has 3 aromatic carbocycles. The average Bonchev–Trinajstić information content (AvgIpc) is 3.31. The van der Waals surface area contributed by atoms with Crippen LogP contribution in [0.5, 0.6) is 0 Å². The molecule has 0 aliphatic carbocycles. The molecule has 0 saturated heterocycles. The van der Waals surface area contributed by atoms with E-state index in [1.807, 2.05) is 42.5 Å². The van der Waals surface area contributed by atoms with Gasteiger partial charge in [-0.15, -0.1) is 12.4 Å². The van der Waals surface area contributed by atoms with Gasteiger partial charge in [-0.1, -0.05) is 53.7 Å². The summed E-state index contributed by atoms with van der Waals surface area (Å²) in [5, 5.41) is 16.3. The molecule has 1 heterocycles. The Hall–Kier alpha value is -3.03. The molecular formula is C26H28ClN3O3. The van der Waals surface area contributed by atoms with Crippen LogP contribution in [0.15, 0.2) is 71.3 Å². The molecule has 0 aliphatic heterocycles. The summed E-state index contributed by atoms with van der Waals surface area (Å²) in [6.07, 6.45) is 0. The number of aromatic nitrogens is 2. The van der Waals surface area contributed by atoms with Gasteiger partial charge in [0, 0.05) is 31.3 Å². The number of hydrogen-bond acceptors (Lipinski definition) is 6. The molecule has 0 unspecified atom stereocenters. The van der Waals surface area contributed by atoms with Gasteiger partial charge in [0.05, 0.1) is 13.2 Å². The van der Waals surface area contributed by atoms with Gasteiger partial charge < -0.3 is 19.7 Å². The summed E-state index contributed by atoms with van der Waals surface area (Å²) in [5.74, 6) is 1.01. The van der Waals surface area contributed by atoms with E-state index >= 15 is 0 Å². The van der Waals surface area contributed by atoms with Crippen molar-refractivity contribution in [2.45, 2.75) is 20.1 Å². The van der Waals surface area contributed by atoms with Gasteiger partial charge in [0.15, 0.2) is 0 Å². The van der Waals surface area contributed by atoms with Gasteiger partial charge >= 0.3 is 0 Å². The number of aliphatic hydroxyl groups is 1. The predicted octanol–water partition coefficient (Wildman–Crippen LogP) is 5.03. The van der Waals surface area contributed by atoms with Crippen LogP contribution in [-0.2, 0) is 17.9 Å². The average molecular weight is 466 g/mol. The van der Waals surface area contributed by atoms with Crippen molar-refractivity contribution in [3.63, 3.8) is 0 Å². The van der Waals surface area contributed by atoms with Gasteiger partial charge in [-0.2, -0.15) is 4.98 Å². The minimum atomic E-state index is 0. The molecular weight excluding hydrogens is 438 g/mol. The second-order valence-electron chi connectivity index (χ2n) is 7.64. The SMILES string of the molecule is COCc1cc(-c2nc(-c3cccc(CNCCO)c3)no2)ccc1-c1ccccc1C.Cl. The molecule has 0 amide bonds. The quantitative estimate of drug-likeness (QED) is 0.337. The smallest absolute Gasteiger partial charge is 0.258 e. The maximum Gasteiger partial charge on any atom is 0.258 e. The number of nitrogens with one attached hydrogen (secondary N) is 1. The zero-order valence-corrected chi connectivity index (χ0v) is 19.6. The fourth-order valence-corrected chi connectivity index (χ4v) is 3.73. The number of rotatable bonds is 9. The molecule has 0 radical (unpaired) electrons. The van der Waals surface area contributed by atoms with Crippen LogP contribution >= 0.6 is 12.4 Å². The van der Waals surface area contributed by atoms with Crippen molar-refractivity contribution in [2.75, 3.05) is 20.3 Å². The molecule has 0 aliphatic rings. The number of hydrogen-bond donors (Lipinski definition) is 2. The Kier molecular flexibility index (Phi) is 8.74. The Morgan fingerprint density at radius 3 is 2.61 bits per heavy atom. The van der Waals surface area contributed by atoms with Crippen molar-refractivity contribution < 1.29 is 14.4 Å². The molecule has 1 aromatic heterocycles. The molecule has 172 valence electrons. The Morgan fingerprint density at radius 1 is 0.970 bits per heavy atom. The van der Waals surface area contributed by atoms with E-state index in [0.29, 0.717) is 31.4 Å². The molecule has 7 heteroatoms. The second kappa shape index (κ2) is 11.7. The predicted molar refractivity (Wildman–Crippen MR) is 132 cm³/mol. The van der Waals surface area contributed by atoms with Crippen molar-refractivity contribution in [3.05, 3.63) is 83.4 Å². The van der Waals surface area contributed by atoms with E-state index in [9.17, 15) is 0 Å². The molecule has 0 saturated carbocycles. The van der Waals surface area contributed by atoms with E-state index < -0.39 is 0 Å². The summed E-state index contributed by atoms with van der Waals surface area (Å²) in [4.78, 5) is 4.63. The van der Waals surface area contributed by atoms with E-state index in [2.05, 4.69) is 46.6 Å². The number of nitrogens with zero attached hydrogens (tertiary/aromatic N) is 2. The third-order valence-corrected chi connectivity index (χ3v) is 5.32. The lowest BCUT2D eigenvalue weighted by molar-refractivity contribution is 0.185. The van der Waals surface area contributed by atoms with Gasteiger partial charge in [-0.3, -0.25) is 0 Å². The topological polar surface area (TPSA) is 80.4 Å². The minimum Gasteiger partial charge on any atom is -0.395 e. The van der Waals surface area contributed by atoms with Gasteiger partial charge in [0.25, 0.3) is 5.89 Å². The summed E-state index contributed by atoms with van der Waals surface area (Å²) in [6.45, 7) is 3.93. The van der Waals surface area contributed by atoms with Crippen molar-refractivity contribution in [1.82, 2.24) is 15.5 Å². The monoisotopic (exact) mass is 465 g/mol. The summed E-state index contributed by atoms with van der Waals surface area (Å²) < 4.78 is 11.1. The van der Waals surface area contributed by atoms with E-state index in [4.69, 9.17) is 14.4 Å². The van der Waals surface area contributed by atoms with Crippen LogP contribution in [0.25, 0.3) is 34.0 Å². The standard InChI is InChI=1S/C26H27N3O3.ClH/c1-18-6-3-4-9-23(18)24-11-10-21(15-22(24)17-31-2)26-28-25(29-32-26)20-8-5-7-19(14-20)16-27-12-13-30;/h3-11,14-15,27,30H,12-13,16-17H2,1-2H3;1H. The van der Waals surface area contributed by atoms with Crippen LogP contribution in [0.3, 0.4) is 0 Å². The fraction of sp³-hybridized carbons (Fsp3) is 0.231. The number of methoxy groups -OCH3 is 1. The lowest BCUT2D eigenvalue weighted by Crippen LogP contribution is -2.17. The third kappa shape index (κ3) is 5.86. The molecule has 4 aromatic rings. The molecule has 2 N–H and O–H groups in total. The first-order chi connectivity index (χ1) is 15.7. The zero-order valence-electron chi connectivity index (χ0n) is 18.7. The molecule has 0 spiro atoms. The molecule has 33 heavy (non-hydrogen) atoms. The molecule has 0 bridgehead atoms. The van der Waals surface area contributed by atoms with Crippen LogP contribution in [0.1, 0.15) is 16.7 Å². The summed E-state index contributed by atoms with van der Waals surface area (Å²) >= 11 is 0. The van der Waals surface area contributed by atoms with E-state index in [-0.39, 0.29) is 19.0 Å². The lowest BCUT2D eigenvalue weighted by Gasteiger charge is -2.12. The maximum absolute atomic E-state index is 8.93. The molecule has 4 rings (SSSR count). The first-order valence-electron chi connectivity index (χ1n) is 10.6. The highest BCUT2D eigenvalue weighted by Gasteiger charge is 2.14. The first-order valence-corrected chi connectivity index (χ1v) is 10.6. The van der Waals surface area contributed by atoms with Crippen molar-refractivity contribution in [3.8, 4) is 34.0 Å². The fourth-order valence-electron chi connectivity index (χ4n) is 3.73.